The Balaban J connectivity index is 1.31. The first-order valence-electron chi connectivity index (χ1n) is 9.88. The Morgan fingerprint density at radius 1 is 1.03 bits per heavy atom. The summed E-state index contributed by atoms with van der Waals surface area (Å²) in [5, 5.41) is 12.1. The van der Waals surface area contributed by atoms with Crippen molar-refractivity contribution in [2.45, 2.75) is 18.6 Å². The zero-order valence-electron chi connectivity index (χ0n) is 16.1. The van der Waals surface area contributed by atoms with Gasteiger partial charge in [0.05, 0.1) is 16.3 Å². The SMILES string of the molecule is NC[C@H]1C[C@@H](O)CN1c1cc(N2CCN(c3ncnc4ccsc34)CC2)ncn1. The van der Waals surface area contributed by atoms with E-state index in [0.29, 0.717) is 19.5 Å². The van der Waals surface area contributed by atoms with E-state index in [-0.39, 0.29) is 12.1 Å². The number of hydrogen-bond acceptors (Lipinski definition) is 10. The van der Waals surface area contributed by atoms with Gasteiger partial charge in [0.1, 0.15) is 30.1 Å². The number of nitrogens with two attached hydrogens (primary N) is 1. The van der Waals surface area contributed by atoms with Crippen LogP contribution in [0.25, 0.3) is 10.2 Å². The highest BCUT2D eigenvalue weighted by atomic mass is 32.1. The summed E-state index contributed by atoms with van der Waals surface area (Å²) in [6.07, 6.45) is 3.58. The third-order valence-corrected chi connectivity index (χ3v) is 6.62. The highest BCUT2D eigenvalue weighted by Crippen LogP contribution is 2.30. The summed E-state index contributed by atoms with van der Waals surface area (Å²) in [5.74, 6) is 2.76. The number of hydrogen-bond donors (Lipinski definition) is 2. The summed E-state index contributed by atoms with van der Waals surface area (Å²) >= 11 is 1.69. The summed E-state index contributed by atoms with van der Waals surface area (Å²) in [7, 11) is 0. The van der Waals surface area contributed by atoms with Gasteiger partial charge in [-0.1, -0.05) is 0 Å². The molecule has 0 spiro atoms. The van der Waals surface area contributed by atoms with Crippen LogP contribution in [0.3, 0.4) is 0 Å². The fraction of sp³-hybridized carbons (Fsp3) is 0.474. The molecule has 0 amide bonds. The summed E-state index contributed by atoms with van der Waals surface area (Å²) in [6.45, 7) is 4.53. The average Bonchev–Trinajstić information content (AvgIpc) is 3.40. The van der Waals surface area contributed by atoms with E-state index in [1.165, 1.54) is 0 Å². The molecule has 10 heteroatoms. The van der Waals surface area contributed by atoms with Gasteiger partial charge in [-0.2, -0.15) is 0 Å². The molecule has 9 nitrogen and oxygen atoms in total. The van der Waals surface area contributed by atoms with Crippen LogP contribution < -0.4 is 20.4 Å². The minimum Gasteiger partial charge on any atom is -0.391 e. The van der Waals surface area contributed by atoms with Crippen LogP contribution in [0.1, 0.15) is 6.42 Å². The molecule has 0 saturated carbocycles. The second kappa shape index (κ2) is 7.69. The maximum absolute atomic E-state index is 10.0. The van der Waals surface area contributed by atoms with E-state index in [1.54, 1.807) is 24.0 Å². The molecule has 3 aromatic rings. The van der Waals surface area contributed by atoms with Crippen molar-refractivity contribution in [3.63, 3.8) is 0 Å². The van der Waals surface area contributed by atoms with E-state index in [2.05, 4.69) is 40.0 Å². The van der Waals surface area contributed by atoms with Gasteiger partial charge >= 0.3 is 0 Å². The van der Waals surface area contributed by atoms with Crippen molar-refractivity contribution in [1.82, 2.24) is 19.9 Å². The minimum atomic E-state index is -0.354. The van der Waals surface area contributed by atoms with E-state index in [1.807, 2.05) is 12.1 Å². The molecular weight excluding hydrogens is 388 g/mol. The van der Waals surface area contributed by atoms with E-state index in [9.17, 15) is 5.11 Å². The van der Waals surface area contributed by atoms with E-state index in [0.717, 1.165) is 53.8 Å². The van der Waals surface area contributed by atoms with Gasteiger partial charge in [-0.15, -0.1) is 11.3 Å². The van der Waals surface area contributed by atoms with Crippen LogP contribution in [0.15, 0.2) is 30.2 Å². The van der Waals surface area contributed by atoms with Crippen molar-refractivity contribution >= 4 is 39.0 Å². The predicted molar refractivity (Wildman–Crippen MR) is 115 cm³/mol. The average molecular weight is 413 g/mol. The number of aliphatic hydroxyl groups is 1. The van der Waals surface area contributed by atoms with Gasteiger partial charge in [-0.25, -0.2) is 19.9 Å². The van der Waals surface area contributed by atoms with Crippen molar-refractivity contribution < 1.29 is 5.11 Å². The fourth-order valence-corrected chi connectivity index (χ4v) is 5.07. The highest BCUT2D eigenvalue weighted by Gasteiger charge is 2.31. The van der Waals surface area contributed by atoms with Crippen molar-refractivity contribution in [2.75, 3.05) is 54.0 Å². The Hall–Kier alpha value is -2.56. The Kier molecular flexibility index (Phi) is 4.90. The molecule has 2 atom stereocenters. The molecule has 2 saturated heterocycles. The second-order valence-corrected chi connectivity index (χ2v) is 8.39. The first-order valence-corrected chi connectivity index (χ1v) is 10.8. The van der Waals surface area contributed by atoms with Crippen molar-refractivity contribution in [1.29, 1.82) is 0 Å². The van der Waals surface area contributed by atoms with Crippen LogP contribution in [-0.4, -0.2) is 76.5 Å². The van der Waals surface area contributed by atoms with Crippen molar-refractivity contribution in [2.24, 2.45) is 5.73 Å². The molecule has 0 bridgehead atoms. The normalized spacial score (nSPS) is 22.6. The van der Waals surface area contributed by atoms with E-state index < -0.39 is 0 Å². The number of aromatic nitrogens is 4. The van der Waals surface area contributed by atoms with Crippen LogP contribution in [0.5, 0.6) is 0 Å². The maximum atomic E-state index is 10.0. The standard InChI is InChI=1S/C19H24N8OS/c20-9-13-7-14(28)10-27(13)17-8-16(22-12-23-17)25-2-4-26(5-3-25)19-18-15(1-6-29-18)21-11-24-19/h1,6,8,11-14,28H,2-5,7,9-10,20H2/t13-,14-/m1/s1. The Labute approximate surface area is 172 Å². The Morgan fingerprint density at radius 3 is 2.62 bits per heavy atom. The molecular formula is C19H24N8OS. The lowest BCUT2D eigenvalue weighted by Crippen LogP contribution is -2.47. The number of fused-ring (bicyclic) bond motifs is 1. The smallest absolute Gasteiger partial charge is 0.150 e. The van der Waals surface area contributed by atoms with Crippen molar-refractivity contribution in [3.8, 4) is 0 Å². The zero-order chi connectivity index (χ0) is 19.8. The lowest BCUT2D eigenvalue weighted by atomic mass is 10.2. The molecule has 2 aliphatic heterocycles. The first-order chi connectivity index (χ1) is 14.2. The molecule has 3 N–H and O–H groups in total. The van der Waals surface area contributed by atoms with Gasteiger partial charge in [-0.05, 0) is 17.9 Å². The van der Waals surface area contributed by atoms with Crippen LogP contribution in [0.4, 0.5) is 17.5 Å². The largest absolute Gasteiger partial charge is 0.391 e. The molecule has 3 aromatic heterocycles. The third-order valence-electron chi connectivity index (χ3n) is 5.72. The van der Waals surface area contributed by atoms with Gasteiger partial charge in [0.15, 0.2) is 0 Å². The van der Waals surface area contributed by atoms with Crippen LogP contribution in [0.2, 0.25) is 0 Å². The fourth-order valence-electron chi connectivity index (χ4n) is 4.21. The van der Waals surface area contributed by atoms with E-state index in [4.69, 9.17) is 5.73 Å². The number of aliphatic hydroxyl groups excluding tert-OH is 1. The topological polar surface area (TPSA) is 108 Å². The number of piperazine rings is 1. The summed E-state index contributed by atoms with van der Waals surface area (Å²) in [5.41, 5.74) is 6.89. The number of rotatable bonds is 4. The van der Waals surface area contributed by atoms with E-state index >= 15 is 0 Å². The number of anilines is 3. The summed E-state index contributed by atoms with van der Waals surface area (Å²) in [4.78, 5) is 24.5. The molecule has 152 valence electrons. The molecule has 29 heavy (non-hydrogen) atoms. The van der Waals surface area contributed by atoms with Crippen molar-refractivity contribution in [3.05, 3.63) is 30.2 Å². The van der Waals surface area contributed by atoms with Crippen LogP contribution in [0, 0.1) is 0 Å². The predicted octanol–water partition coefficient (Wildman–Crippen LogP) is 0.706. The Bertz CT molecular complexity index is 989. The number of thiophene rings is 1. The van der Waals surface area contributed by atoms with Gasteiger partial charge in [0.2, 0.25) is 0 Å². The molecule has 2 fully saturated rings. The quantitative estimate of drug-likeness (QED) is 0.640. The molecule has 5 rings (SSSR count). The summed E-state index contributed by atoms with van der Waals surface area (Å²) < 4.78 is 1.14. The van der Waals surface area contributed by atoms with Gasteiger partial charge in [-0.3, -0.25) is 0 Å². The lowest BCUT2D eigenvalue weighted by molar-refractivity contribution is 0.194. The lowest BCUT2D eigenvalue weighted by Gasteiger charge is -2.36. The molecule has 0 radical (unpaired) electrons. The Morgan fingerprint density at radius 2 is 1.79 bits per heavy atom. The van der Waals surface area contributed by atoms with Gasteiger partial charge in [0, 0.05) is 51.4 Å². The van der Waals surface area contributed by atoms with Crippen LogP contribution in [-0.2, 0) is 0 Å². The molecule has 0 aromatic carbocycles. The first kappa shape index (κ1) is 18.5. The monoisotopic (exact) mass is 412 g/mol. The molecule has 2 aliphatic rings. The number of nitrogens with zero attached hydrogens (tertiary/aromatic N) is 7. The molecule has 5 heterocycles. The third kappa shape index (κ3) is 3.47. The zero-order valence-corrected chi connectivity index (χ0v) is 16.9. The minimum absolute atomic E-state index is 0.121. The summed E-state index contributed by atoms with van der Waals surface area (Å²) in [6, 6.07) is 4.17. The maximum Gasteiger partial charge on any atom is 0.150 e. The van der Waals surface area contributed by atoms with Gasteiger partial charge < -0.3 is 25.5 Å². The number of β-amino-alcohol motifs (C(OH)–C–C–N with tert-alkyl or cyclic N) is 1. The highest BCUT2D eigenvalue weighted by molar-refractivity contribution is 7.17. The van der Waals surface area contributed by atoms with Crippen LogP contribution >= 0.6 is 11.3 Å². The molecule has 0 unspecified atom stereocenters. The van der Waals surface area contributed by atoms with Gasteiger partial charge in [0.25, 0.3) is 0 Å². The molecule has 0 aliphatic carbocycles. The second-order valence-electron chi connectivity index (χ2n) is 7.47.